The van der Waals surface area contributed by atoms with Crippen LogP contribution in [0.4, 0.5) is 0 Å². The van der Waals surface area contributed by atoms with Gasteiger partial charge in [0, 0.05) is 12.5 Å². The van der Waals surface area contributed by atoms with Crippen LogP contribution in [0.25, 0.3) is 11.0 Å². The maximum Gasteiger partial charge on any atom is 0.335 e. The van der Waals surface area contributed by atoms with E-state index < -0.39 is 5.97 Å². The molecule has 0 amide bonds. The molecule has 0 bridgehead atoms. The van der Waals surface area contributed by atoms with E-state index in [1.54, 1.807) is 12.1 Å². The van der Waals surface area contributed by atoms with Crippen molar-refractivity contribution in [2.45, 2.75) is 53.0 Å². The molecule has 4 heteroatoms. The SMILES string of the molecule is CCCc1nc2cc(C(=O)O)ccc2n1C(CC)C(C)C. The minimum absolute atomic E-state index is 0.299. The standard InChI is InChI=1S/C17H24N2O2/c1-5-7-16-18-13-10-12(17(20)21)8-9-15(13)19(16)14(6-2)11(3)4/h8-11,14H,5-7H2,1-4H3,(H,20,21). The molecular formula is C17H24N2O2. The quantitative estimate of drug-likeness (QED) is 0.862. The molecule has 1 heterocycles. The third kappa shape index (κ3) is 2.94. The van der Waals surface area contributed by atoms with Gasteiger partial charge in [-0.15, -0.1) is 0 Å². The monoisotopic (exact) mass is 288 g/mol. The average Bonchev–Trinajstić information content (AvgIpc) is 2.77. The van der Waals surface area contributed by atoms with Crippen LogP contribution in [0.2, 0.25) is 0 Å². The number of carboxylic acid groups (broad SMARTS) is 1. The van der Waals surface area contributed by atoms with Gasteiger partial charge in [0.25, 0.3) is 0 Å². The number of hydrogen-bond acceptors (Lipinski definition) is 2. The molecule has 0 radical (unpaired) electrons. The van der Waals surface area contributed by atoms with Crippen molar-refractivity contribution in [1.29, 1.82) is 0 Å². The first-order valence-electron chi connectivity index (χ1n) is 7.73. The van der Waals surface area contributed by atoms with Gasteiger partial charge in [-0.2, -0.15) is 0 Å². The summed E-state index contributed by atoms with van der Waals surface area (Å²) in [6.45, 7) is 8.78. The summed E-state index contributed by atoms with van der Waals surface area (Å²) in [5.74, 6) is 0.678. The third-order valence-corrected chi connectivity index (χ3v) is 4.00. The highest BCUT2D eigenvalue weighted by Crippen LogP contribution is 2.29. The van der Waals surface area contributed by atoms with Crippen LogP contribution in [-0.4, -0.2) is 20.6 Å². The van der Waals surface area contributed by atoms with Crippen LogP contribution in [0.15, 0.2) is 18.2 Å². The van der Waals surface area contributed by atoms with Crippen molar-refractivity contribution in [3.05, 3.63) is 29.6 Å². The number of imidazole rings is 1. The number of hydrogen-bond donors (Lipinski definition) is 1. The Morgan fingerprint density at radius 2 is 2.05 bits per heavy atom. The van der Waals surface area contributed by atoms with E-state index >= 15 is 0 Å². The molecule has 0 saturated heterocycles. The van der Waals surface area contributed by atoms with Crippen molar-refractivity contribution >= 4 is 17.0 Å². The summed E-state index contributed by atoms with van der Waals surface area (Å²) in [5.41, 5.74) is 2.13. The molecule has 1 aromatic carbocycles. The number of aromatic carboxylic acids is 1. The fraction of sp³-hybridized carbons (Fsp3) is 0.529. The molecule has 4 nitrogen and oxygen atoms in total. The zero-order valence-electron chi connectivity index (χ0n) is 13.3. The van der Waals surface area contributed by atoms with Gasteiger partial charge in [0.1, 0.15) is 5.82 Å². The zero-order chi connectivity index (χ0) is 15.6. The van der Waals surface area contributed by atoms with E-state index in [4.69, 9.17) is 10.1 Å². The lowest BCUT2D eigenvalue weighted by atomic mass is 10.0. The highest BCUT2D eigenvalue weighted by molar-refractivity contribution is 5.92. The van der Waals surface area contributed by atoms with E-state index in [9.17, 15) is 4.79 Å². The summed E-state index contributed by atoms with van der Waals surface area (Å²) in [4.78, 5) is 15.8. The topological polar surface area (TPSA) is 55.1 Å². The van der Waals surface area contributed by atoms with E-state index in [2.05, 4.69) is 32.3 Å². The predicted molar refractivity (Wildman–Crippen MR) is 84.9 cm³/mol. The fourth-order valence-electron chi connectivity index (χ4n) is 3.00. The van der Waals surface area contributed by atoms with E-state index in [1.807, 2.05) is 6.07 Å². The lowest BCUT2D eigenvalue weighted by Crippen LogP contribution is -2.17. The third-order valence-electron chi connectivity index (χ3n) is 4.00. The van der Waals surface area contributed by atoms with Crippen LogP contribution in [-0.2, 0) is 6.42 Å². The second-order valence-corrected chi connectivity index (χ2v) is 5.88. The van der Waals surface area contributed by atoms with Crippen LogP contribution in [0.1, 0.15) is 62.8 Å². The van der Waals surface area contributed by atoms with Crippen molar-refractivity contribution in [1.82, 2.24) is 9.55 Å². The van der Waals surface area contributed by atoms with Gasteiger partial charge in [0.2, 0.25) is 0 Å². The number of rotatable bonds is 6. The largest absolute Gasteiger partial charge is 0.478 e. The summed E-state index contributed by atoms with van der Waals surface area (Å²) in [6, 6.07) is 5.65. The molecule has 1 unspecified atom stereocenters. The second-order valence-electron chi connectivity index (χ2n) is 5.88. The molecule has 0 saturated carbocycles. The molecule has 2 aromatic rings. The Labute approximate surface area is 125 Å². The lowest BCUT2D eigenvalue weighted by molar-refractivity contribution is 0.0697. The second kappa shape index (κ2) is 6.29. The normalized spacial score (nSPS) is 13.0. The summed E-state index contributed by atoms with van der Waals surface area (Å²) < 4.78 is 2.31. The molecule has 0 aliphatic rings. The molecule has 1 N–H and O–H groups in total. The van der Waals surface area contributed by atoms with Crippen molar-refractivity contribution in [3.63, 3.8) is 0 Å². The lowest BCUT2D eigenvalue weighted by Gasteiger charge is -2.24. The highest BCUT2D eigenvalue weighted by atomic mass is 16.4. The van der Waals surface area contributed by atoms with Crippen LogP contribution in [0.5, 0.6) is 0 Å². The minimum atomic E-state index is -0.903. The zero-order valence-corrected chi connectivity index (χ0v) is 13.3. The van der Waals surface area contributed by atoms with Crippen molar-refractivity contribution < 1.29 is 9.90 Å². The van der Waals surface area contributed by atoms with Crippen LogP contribution in [0, 0.1) is 5.92 Å². The molecule has 0 aliphatic carbocycles. The van der Waals surface area contributed by atoms with Gasteiger partial charge in [-0.3, -0.25) is 0 Å². The number of aryl methyl sites for hydroxylation is 1. The summed E-state index contributed by atoms with van der Waals surface area (Å²) in [5, 5.41) is 9.13. The first-order valence-corrected chi connectivity index (χ1v) is 7.73. The van der Waals surface area contributed by atoms with E-state index in [-0.39, 0.29) is 0 Å². The number of carboxylic acids is 1. The first-order chi connectivity index (χ1) is 9.99. The molecule has 0 fully saturated rings. The molecule has 21 heavy (non-hydrogen) atoms. The number of carbonyl (C=O) groups is 1. The first kappa shape index (κ1) is 15.5. The highest BCUT2D eigenvalue weighted by Gasteiger charge is 2.20. The Hall–Kier alpha value is -1.84. The van der Waals surface area contributed by atoms with Crippen LogP contribution < -0.4 is 0 Å². The minimum Gasteiger partial charge on any atom is -0.478 e. The van der Waals surface area contributed by atoms with Crippen molar-refractivity contribution in [3.8, 4) is 0 Å². The van der Waals surface area contributed by atoms with Crippen molar-refractivity contribution in [2.24, 2.45) is 5.92 Å². The number of aromatic nitrogens is 2. The van der Waals surface area contributed by atoms with Crippen LogP contribution >= 0.6 is 0 Å². The maximum absolute atomic E-state index is 11.1. The molecule has 0 spiro atoms. The Morgan fingerprint density at radius 3 is 2.57 bits per heavy atom. The molecule has 114 valence electrons. The molecule has 1 atom stereocenters. The summed E-state index contributed by atoms with van der Waals surface area (Å²) >= 11 is 0. The molecule has 2 rings (SSSR count). The molecule has 1 aromatic heterocycles. The van der Waals surface area contributed by atoms with E-state index in [0.29, 0.717) is 17.5 Å². The van der Waals surface area contributed by atoms with Gasteiger partial charge < -0.3 is 9.67 Å². The van der Waals surface area contributed by atoms with Gasteiger partial charge in [-0.05, 0) is 37.0 Å². The summed E-state index contributed by atoms with van der Waals surface area (Å²) in [6.07, 6.45) is 2.99. The molecule has 0 aliphatic heterocycles. The van der Waals surface area contributed by atoms with E-state index in [1.165, 1.54) is 0 Å². The Kier molecular flexibility index (Phi) is 4.66. The number of benzene rings is 1. The Bertz CT molecular complexity index is 644. The predicted octanol–water partition coefficient (Wildman–Crippen LogP) is 4.29. The maximum atomic E-state index is 11.1. The van der Waals surface area contributed by atoms with Gasteiger partial charge >= 0.3 is 5.97 Å². The van der Waals surface area contributed by atoms with Gasteiger partial charge in [0.05, 0.1) is 16.6 Å². The number of nitrogens with zero attached hydrogens (tertiary/aromatic N) is 2. The average molecular weight is 288 g/mol. The van der Waals surface area contributed by atoms with Gasteiger partial charge in [-0.1, -0.05) is 27.7 Å². The molecular weight excluding hydrogens is 264 g/mol. The Balaban J connectivity index is 2.65. The fourth-order valence-corrected chi connectivity index (χ4v) is 3.00. The van der Waals surface area contributed by atoms with Crippen molar-refractivity contribution in [2.75, 3.05) is 0 Å². The smallest absolute Gasteiger partial charge is 0.335 e. The summed E-state index contributed by atoms with van der Waals surface area (Å²) in [7, 11) is 0. The Morgan fingerprint density at radius 1 is 1.33 bits per heavy atom. The number of fused-ring (bicyclic) bond motifs is 1. The van der Waals surface area contributed by atoms with Gasteiger partial charge in [0.15, 0.2) is 0 Å². The van der Waals surface area contributed by atoms with Gasteiger partial charge in [-0.25, -0.2) is 9.78 Å². The van der Waals surface area contributed by atoms with Crippen LogP contribution in [0.3, 0.4) is 0 Å². The van der Waals surface area contributed by atoms with E-state index in [0.717, 1.165) is 36.1 Å².